The lowest BCUT2D eigenvalue weighted by Crippen LogP contribution is -2.31. The summed E-state index contributed by atoms with van der Waals surface area (Å²) in [6, 6.07) is 0.596. The molecule has 0 fully saturated rings. The van der Waals surface area contributed by atoms with Crippen LogP contribution in [-0.2, 0) is 13.5 Å². The summed E-state index contributed by atoms with van der Waals surface area (Å²) in [6.45, 7) is 8.79. The van der Waals surface area contributed by atoms with Crippen LogP contribution < -0.4 is 5.32 Å². The van der Waals surface area contributed by atoms with Crippen LogP contribution in [0.3, 0.4) is 0 Å². The maximum absolute atomic E-state index is 4.46. The van der Waals surface area contributed by atoms with Gasteiger partial charge in [0.15, 0.2) is 0 Å². The van der Waals surface area contributed by atoms with Crippen molar-refractivity contribution in [2.24, 2.45) is 13.0 Å². The minimum Gasteiger partial charge on any atom is -0.317 e. The summed E-state index contributed by atoms with van der Waals surface area (Å²) in [5.74, 6) is 0.683. The Morgan fingerprint density at radius 1 is 1.31 bits per heavy atom. The Labute approximate surface area is 99.2 Å². The van der Waals surface area contributed by atoms with Gasteiger partial charge in [0.25, 0.3) is 0 Å². The normalized spacial score (nSPS) is 13.4. The number of hydrogen-bond acceptors (Lipinski definition) is 2. The first-order chi connectivity index (χ1) is 7.47. The minimum absolute atomic E-state index is 0.596. The second-order valence-electron chi connectivity index (χ2n) is 4.95. The average molecular weight is 223 g/mol. The van der Waals surface area contributed by atoms with E-state index >= 15 is 0 Å². The third-order valence-corrected chi connectivity index (χ3v) is 3.54. The van der Waals surface area contributed by atoms with Crippen molar-refractivity contribution in [3.05, 3.63) is 17.0 Å². The van der Waals surface area contributed by atoms with E-state index in [1.807, 2.05) is 18.8 Å². The molecule has 0 saturated carbocycles. The van der Waals surface area contributed by atoms with Crippen molar-refractivity contribution in [3.63, 3.8) is 0 Å². The standard InChI is InChI=1S/C13H25N3/c1-9(2)13(14-5)8-7-12-10(3)15-16(6)11(12)4/h9,13-14H,7-8H2,1-6H3. The van der Waals surface area contributed by atoms with Gasteiger partial charge in [-0.1, -0.05) is 13.8 Å². The molecule has 0 aliphatic carbocycles. The smallest absolute Gasteiger partial charge is 0.0628 e. The number of rotatable bonds is 5. The summed E-state index contributed by atoms with van der Waals surface area (Å²) in [4.78, 5) is 0. The number of nitrogens with zero attached hydrogens (tertiary/aromatic N) is 2. The van der Waals surface area contributed by atoms with Crippen LogP contribution in [0.15, 0.2) is 0 Å². The Kier molecular flexibility index (Phi) is 4.54. The predicted molar refractivity (Wildman–Crippen MR) is 68.7 cm³/mol. The van der Waals surface area contributed by atoms with Gasteiger partial charge in [-0.15, -0.1) is 0 Å². The molecular weight excluding hydrogens is 198 g/mol. The fourth-order valence-corrected chi connectivity index (χ4v) is 2.29. The van der Waals surface area contributed by atoms with Gasteiger partial charge in [-0.3, -0.25) is 4.68 Å². The molecule has 1 unspecified atom stereocenters. The molecule has 1 rings (SSSR count). The Morgan fingerprint density at radius 3 is 2.31 bits per heavy atom. The topological polar surface area (TPSA) is 29.9 Å². The van der Waals surface area contributed by atoms with E-state index in [1.54, 1.807) is 0 Å². The highest BCUT2D eigenvalue weighted by molar-refractivity contribution is 5.24. The van der Waals surface area contributed by atoms with E-state index in [9.17, 15) is 0 Å². The Morgan fingerprint density at radius 2 is 1.94 bits per heavy atom. The van der Waals surface area contributed by atoms with Crippen molar-refractivity contribution < 1.29 is 0 Å². The van der Waals surface area contributed by atoms with Crippen LogP contribution in [0, 0.1) is 19.8 Å². The molecule has 1 aromatic heterocycles. The van der Waals surface area contributed by atoms with Crippen LogP contribution >= 0.6 is 0 Å². The van der Waals surface area contributed by atoms with Crippen LogP contribution in [-0.4, -0.2) is 22.9 Å². The van der Waals surface area contributed by atoms with Gasteiger partial charge in [0.2, 0.25) is 0 Å². The van der Waals surface area contributed by atoms with Crippen molar-refractivity contribution in [1.29, 1.82) is 0 Å². The number of aryl methyl sites for hydroxylation is 2. The Hall–Kier alpha value is -0.830. The van der Waals surface area contributed by atoms with Gasteiger partial charge in [-0.05, 0) is 45.2 Å². The molecule has 0 spiro atoms. The van der Waals surface area contributed by atoms with Gasteiger partial charge in [0.05, 0.1) is 5.69 Å². The maximum Gasteiger partial charge on any atom is 0.0628 e. The summed E-state index contributed by atoms with van der Waals surface area (Å²) >= 11 is 0. The first kappa shape index (κ1) is 13.2. The molecule has 1 aromatic rings. The van der Waals surface area contributed by atoms with Gasteiger partial charge >= 0.3 is 0 Å². The van der Waals surface area contributed by atoms with Crippen molar-refractivity contribution in [2.75, 3.05) is 7.05 Å². The molecule has 0 aromatic carbocycles. The van der Waals surface area contributed by atoms with E-state index in [2.05, 4.69) is 38.1 Å². The number of hydrogen-bond donors (Lipinski definition) is 1. The van der Waals surface area contributed by atoms with Crippen LogP contribution in [0.25, 0.3) is 0 Å². The van der Waals surface area contributed by atoms with Crippen LogP contribution in [0.4, 0.5) is 0 Å². The Bertz CT molecular complexity index is 339. The first-order valence-corrected chi connectivity index (χ1v) is 6.13. The van der Waals surface area contributed by atoms with E-state index in [1.165, 1.54) is 23.4 Å². The SMILES string of the molecule is CNC(CCc1c(C)nn(C)c1C)C(C)C. The lowest BCUT2D eigenvalue weighted by Gasteiger charge is -2.20. The molecule has 0 bridgehead atoms. The summed E-state index contributed by atoms with van der Waals surface area (Å²) in [5, 5.41) is 7.85. The zero-order valence-electron chi connectivity index (χ0n) is 11.5. The summed E-state index contributed by atoms with van der Waals surface area (Å²) in [5.41, 5.74) is 3.90. The lowest BCUT2D eigenvalue weighted by molar-refractivity contribution is 0.402. The molecule has 3 nitrogen and oxygen atoms in total. The summed E-state index contributed by atoms with van der Waals surface area (Å²) < 4.78 is 1.98. The van der Waals surface area contributed by atoms with Crippen molar-refractivity contribution >= 4 is 0 Å². The second kappa shape index (κ2) is 5.48. The zero-order chi connectivity index (χ0) is 12.3. The van der Waals surface area contributed by atoms with Gasteiger partial charge < -0.3 is 5.32 Å². The summed E-state index contributed by atoms with van der Waals surface area (Å²) in [7, 11) is 4.07. The molecule has 0 aliphatic heterocycles. The molecule has 3 heteroatoms. The highest BCUT2D eigenvalue weighted by Crippen LogP contribution is 2.17. The van der Waals surface area contributed by atoms with Gasteiger partial charge in [0.1, 0.15) is 0 Å². The lowest BCUT2D eigenvalue weighted by atomic mass is 9.96. The Balaban J connectivity index is 2.67. The van der Waals surface area contributed by atoms with E-state index in [0.717, 1.165) is 6.42 Å². The van der Waals surface area contributed by atoms with Gasteiger partial charge in [-0.2, -0.15) is 5.10 Å². The van der Waals surface area contributed by atoms with E-state index in [0.29, 0.717) is 12.0 Å². The number of aromatic nitrogens is 2. The molecule has 16 heavy (non-hydrogen) atoms. The highest BCUT2D eigenvalue weighted by atomic mass is 15.3. The van der Waals surface area contributed by atoms with E-state index < -0.39 is 0 Å². The molecule has 1 heterocycles. The molecule has 0 amide bonds. The molecule has 92 valence electrons. The molecule has 0 saturated heterocycles. The quantitative estimate of drug-likeness (QED) is 0.829. The maximum atomic E-state index is 4.46. The average Bonchev–Trinajstić information content (AvgIpc) is 2.44. The number of nitrogens with one attached hydrogen (secondary N) is 1. The fourth-order valence-electron chi connectivity index (χ4n) is 2.29. The van der Waals surface area contributed by atoms with Crippen LogP contribution in [0.1, 0.15) is 37.2 Å². The largest absolute Gasteiger partial charge is 0.317 e. The van der Waals surface area contributed by atoms with E-state index in [4.69, 9.17) is 0 Å². The predicted octanol–water partition coefficient (Wildman–Crippen LogP) is 2.21. The monoisotopic (exact) mass is 223 g/mol. The van der Waals surface area contributed by atoms with Crippen LogP contribution in [0.2, 0.25) is 0 Å². The molecule has 1 N–H and O–H groups in total. The fraction of sp³-hybridized carbons (Fsp3) is 0.769. The van der Waals surface area contributed by atoms with Gasteiger partial charge in [0, 0.05) is 18.8 Å². The zero-order valence-corrected chi connectivity index (χ0v) is 11.5. The molecular formula is C13H25N3. The third-order valence-electron chi connectivity index (χ3n) is 3.54. The van der Waals surface area contributed by atoms with Crippen molar-refractivity contribution in [3.8, 4) is 0 Å². The third kappa shape index (κ3) is 2.85. The molecule has 0 aliphatic rings. The van der Waals surface area contributed by atoms with Crippen molar-refractivity contribution in [1.82, 2.24) is 15.1 Å². The first-order valence-electron chi connectivity index (χ1n) is 6.13. The minimum atomic E-state index is 0.596. The second-order valence-corrected chi connectivity index (χ2v) is 4.95. The molecule has 0 radical (unpaired) electrons. The van der Waals surface area contributed by atoms with E-state index in [-0.39, 0.29) is 0 Å². The van der Waals surface area contributed by atoms with Crippen LogP contribution in [0.5, 0.6) is 0 Å². The highest BCUT2D eigenvalue weighted by Gasteiger charge is 2.14. The summed E-state index contributed by atoms with van der Waals surface area (Å²) in [6.07, 6.45) is 2.30. The van der Waals surface area contributed by atoms with Gasteiger partial charge in [-0.25, -0.2) is 0 Å². The van der Waals surface area contributed by atoms with Crippen molar-refractivity contribution in [2.45, 2.75) is 46.6 Å². The molecule has 1 atom stereocenters.